The predicted octanol–water partition coefficient (Wildman–Crippen LogP) is 2.62. The van der Waals surface area contributed by atoms with Crippen molar-refractivity contribution in [3.05, 3.63) is 60.8 Å². The Morgan fingerprint density at radius 3 is 2.67 bits per heavy atom. The van der Waals surface area contributed by atoms with Crippen molar-refractivity contribution < 1.29 is 13.2 Å². The van der Waals surface area contributed by atoms with E-state index < -0.39 is 10.0 Å². The minimum atomic E-state index is -3.59. The van der Waals surface area contributed by atoms with Crippen LogP contribution in [0.4, 0.5) is 0 Å². The molecule has 1 unspecified atom stereocenters. The van der Waals surface area contributed by atoms with Gasteiger partial charge in [-0.05, 0) is 49.4 Å². The highest BCUT2D eigenvalue weighted by Crippen LogP contribution is 2.26. The molecule has 0 amide bonds. The maximum atomic E-state index is 12.8. The summed E-state index contributed by atoms with van der Waals surface area (Å²) in [5.74, 6) is 0.769. The second-order valence-electron chi connectivity index (χ2n) is 5.88. The Morgan fingerprint density at radius 1 is 1.08 bits per heavy atom. The Morgan fingerprint density at radius 2 is 1.92 bits per heavy atom. The van der Waals surface area contributed by atoms with Crippen LogP contribution in [0.5, 0.6) is 5.75 Å². The molecule has 1 aliphatic rings. The van der Waals surface area contributed by atoms with Gasteiger partial charge in [-0.15, -0.1) is 0 Å². The van der Waals surface area contributed by atoms with Crippen molar-refractivity contribution in [2.75, 3.05) is 13.1 Å². The van der Waals surface area contributed by atoms with Crippen molar-refractivity contribution in [2.45, 2.75) is 17.4 Å². The highest BCUT2D eigenvalue weighted by molar-refractivity contribution is 7.90. The fourth-order valence-electron chi connectivity index (χ4n) is 3.01. The molecule has 2 aromatic carbocycles. The number of nitrogens with zero attached hydrogens (tertiary/aromatic N) is 1. The van der Waals surface area contributed by atoms with Crippen molar-refractivity contribution in [2.24, 2.45) is 0 Å². The molecule has 0 bridgehead atoms. The van der Waals surface area contributed by atoms with Gasteiger partial charge in [0.05, 0.1) is 10.4 Å². The van der Waals surface area contributed by atoms with E-state index in [4.69, 9.17) is 4.74 Å². The van der Waals surface area contributed by atoms with Crippen LogP contribution in [0.15, 0.2) is 65.7 Å². The quantitative estimate of drug-likeness (QED) is 0.792. The summed E-state index contributed by atoms with van der Waals surface area (Å²) in [5, 5.41) is 4.11. The Hall–Kier alpha value is -2.31. The van der Waals surface area contributed by atoms with Gasteiger partial charge in [0.25, 0.3) is 10.0 Å². The van der Waals surface area contributed by atoms with Crippen LogP contribution in [0, 0.1) is 0 Å². The van der Waals surface area contributed by atoms with Crippen LogP contribution in [-0.4, -0.2) is 31.6 Å². The minimum Gasteiger partial charge on any atom is -0.489 e. The number of hydrogen-bond donors (Lipinski definition) is 1. The van der Waals surface area contributed by atoms with Gasteiger partial charge in [-0.1, -0.05) is 18.2 Å². The predicted molar refractivity (Wildman–Crippen MR) is 92.9 cm³/mol. The number of hydrogen-bond acceptors (Lipinski definition) is 4. The molecule has 1 fully saturated rings. The van der Waals surface area contributed by atoms with E-state index in [1.165, 1.54) is 3.97 Å². The molecule has 1 aromatic heterocycles. The molecule has 6 heteroatoms. The monoisotopic (exact) mass is 342 g/mol. The highest BCUT2D eigenvalue weighted by Gasteiger charge is 2.19. The third-order valence-corrected chi connectivity index (χ3v) is 5.95. The first-order valence-corrected chi connectivity index (χ1v) is 9.38. The number of fused-ring (bicyclic) bond motifs is 1. The van der Waals surface area contributed by atoms with Crippen LogP contribution in [-0.2, 0) is 10.0 Å². The first-order valence-electron chi connectivity index (χ1n) is 7.94. The highest BCUT2D eigenvalue weighted by atomic mass is 32.2. The molecule has 0 saturated carbocycles. The molecule has 4 rings (SSSR count). The Kier molecular flexibility index (Phi) is 3.78. The zero-order valence-electron chi connectivity index (χ0n) is 13.1. The van der Waals surface area contributed by atoms with Gasteiger partial charge in [-0.3, -0.25) is 0 Å². The van der Waals surface area contributed by atoms with Crippen molar-refractivity contribution in [1.29, 1.82) is 0 Å². The average molecular weight is 342 g/mol. The van der Waals surface area contributed by atoms with Crippen LogP contribution in [0.25, 0.3) is 10.9 Å². The van der Waals surface area contributed by atoms with Crippen molar-refractivity contribution in [1.82, 2.24) is 9.29 Å². The normalized spacial score (nSPS) is 18.1. The third-order valence-electron chi connectivity index (χ3n) is 4.24. The summed E-state index contributed by atoms with van der Waals surface area (Å²) in [6.45, 7) is 1.82. The number of rotatable bonds is 4. The lowest BCUT2D eigenvalue weighted by Crippen LogP contribution is -2.19. The lowest BCUT2D eigenvalue weighted by atomic mass is 10.2. The van der Waals surface area contributed by atoms with Crippen LogP contribution >= 0.6 is 0 Å². The lowest BCUT2D eigenvalue weighted by Gasteiger charge is -2.13. The fourth-order valence-corrected chi connectivity index (χ4v) is 4.38. The Bertz CT molecular complexity index is 958. The number of nitrogens with one attached hydrogen (secondary N) is 1. The molecule has 0 radical (unpaired) electrons. The molecule has 1 aliphatic heterocycles. The molecular formula is C18H18N2O3S. The largest absolute Gasteiger partial charge is 0.489 e. The van der Waals surface area contributed by atoms with Crippen molar-refractivity contribution in [3.63, 3.8) is 0 Å². The molecule has 1 atom stereocenters. The summed E-state index contributed by atoms with van der Waals surface area (Å²) in [4.78, 5) is 0.278. The number of benzene rings is 2. The van der Waals surface area contributed by atoms with Gasteiger partial charge in [-0.25, -0.2) is 12.4 Å². The van der Waals surface area contributed by atoms with E-state index in [0.717, 1.165) is 30.6 Å². The van der Waals surface area contributed by atoms with Crippen LogP contribution in [0.2, 0.25) is 0 Å². The number of ether oxygens (including phenoxy) is 1. The Balaban J connectivity index is 1.70. The zero-order valence-corrected chi connectivity index (χ0v) is 13.9. The first kappa shape index (κ1) is 15.2. The maximum absolute atomic E-state index is 12.8. The Labute approximate surface area is 140 Å². The van der Waals surface area contributed by atoms with Gasteiger partial charge in [0, 0.05) is 18.1 Å². The smallest absolute Gasteiger partial charge is 0.268 e. The molecule has 24 heavy (non-hydrogen) atoms. The molecule has 124 valence electrons. The van der Waals surface area contributed by atoms with E-state index in [1.807, 2.05) is 12.1 Å². The maximum Gasteiger partial charge on any atom is 0.268 e. The van der Waals surface area contributed by atoms with Gasteiger partial charge >= 0.3 is 0 Å². The SMILES string of the molecule is O=S(=O)(c1ccccc1)n1ccc2cc(OC3CCNC3)ccc21. The second-order valence-corrected chi connectivity index (χ2v) is 7.70. The summed E-state index contributed by atoms with van der Waals surface area (Å²) in [5.41, 5.74) is 0.649. The molecule has 1 saturated heterocycles. The van der Waals surface area contributed by atoms with Crippen LogP contribution < -0.4 is 10.1 Å². The van der Waals surface area contributed by atoms with Gasteiger partial charge in [0.15, 0.2) is 0 Å². The van der Waals surface area contributed by atoms with E-state index >= 15 is 0 Å². The standard InChI is InChI=1S/C18H18N2O3S/c21-24(22,17-4-2-1-3-5-17)20-11-9-14-12-15(6-7-18(14)20)23-16-8-10-19-13-16/h1-7,9,11-12,16,19H,8,10,13H2. The molecule has 0 spiro atoms. The molecule has 2 heterocycles. The van der Waals surface area contributed by atoms with E-state index in [0.29, 0.717) is 5.52 Å². The van der Waals surface area contributed by atoms with Crippen molar-refractivity contribution in [3.8, 4) is 5.75 Å². The van der Waals surface area contributed by atoms with Crippen LogP contribution in [0.3, 0.4) is 0 Å². The zero-order chi connectivity index (χ0) is 16.6. The summed E-state index contributed by atoms with van der Waals surface area (Å²) in [6, 6.07) is 15.8. The minimum absolute atomic E-state index is 0.178. The summed E-state index contributed by atoms with van der Waals surface area (Å²) in [6.07, 6.45) is 2.76. The average Bonchev–Trinajstić information content (AvgIpc) is 3.25. The second kappa shape index (κ2) is 5.96. The van der Waals surface area contributed by atoms with Gasteiger partial charge in [-0.2, -0.15) is 0 Å². The first-order chi connectivity index (χ1) is 11.6. The van der Waals surface area contributed by atoms with E-state index in [-0.39, 0.29) is 11.0 Å². The van der Waals surface area contributed by atoms with Gasteiger partial charge in [0.1, 0.15) is 11.9 Å². The summed E-state index contributed by atoms with van der Waals surface area (Å²) < 4.78 is 32.9. The van der Waals surface area contributed by atoms with E-state index in [1.54, 1.807) is 48.7 Å². The molecule has 3 aromatic rings. The lowest BCUT2D eigenvalue weighted by molar-refractivity contribution is 0.223. The number of aromatic nitrogens is 1. The topological polar surface area (TPSA) is 60.3 Å². The summed E-state index contributed by atoms with van der Waals surface area (Å²) in [7, 11) is -3.59. The van der Waals surface area contributed by atoms with Crippen LogP contribution in [0.1, 0.15) is 6.42 Å². The van der Waals surface area contributed by atoms with Gasteiger partial charge in [0.2, 0.25) is 0 Å². The van der Waals surface area contributed by atoms with E-state index in [2.05, 4.69) is 5.32 Å². The molecule has 5 nitrogen and oxygen atoms in total. The summed E-state index contributed by atoms with van der Waals surface area (Å²) >= 11 is 0. The molecule has 1 N–H and O–H groups in total. The van der Waals surface area contributed by atoms with Crippen molar-refractivity contribution >= 4 is 20.9 Å². The fraction of sp³-hybridized carbons (Fsp3) is 0.222. The molecule has 0 aliphatic carbocycles. The van der Waals surface area contributed by atoms with E-state index in [9.17, 15) is 8.42 Å². The third kappa shape index (κ3) is 2.68. The molecular weight excluding hydrogens is 324 g/mol. The van der Waals surface area contributed by atoms with Gasteiger partial charge < -0.3 is 10.1 Å².